The van der Waals surface area contributed by atoms with Crippen molar-refractivity contribution in [3.63, 3.8) is 0 Å². The quantitative estimate of drug-likeness (QED) is 0.527. The Bertz CT molecular complexity index is 995. The predicted molar refractivity (Wildman–Crippen MR) is 102 cm³/mol. The minimum atomic E-state index is -3.53. The molecule has 0 unspecified atom stereocenters. The summed E-state index contributed by atoms with van der Waals surface area (Å²) in [6, 6.07) is 2.74. The van der Waals surface area contributed by atoms with Crippen LogP contribution in [-0.4, -0.2) is 48.4 Å². The van der Waals surface area contributed by atoms with E-state index in [4.69, 9.17) is 9.47 Å². The maximum Gasteiger partial charge on any atom is 0.374 e. The predicted octanol–water partition coefficient (Wildman–Crippen LogP) is 2.62. The molecule has 8 nitrogen and oxygen atoms in total. The summed E-state index contributed by atoms with van der Waals surface area (Å²) in [5, 5.41) is 3.44. The summed E-state index contributed by atoms with van der Waals surface area (Å²) in [7, 11) is -0.637. The van der Waals surface area contributed by atoms with Crippen molar-refractivity contribution in [3.8, 4) is 11.6 Å². The highest BCUT2D eigenvalue weighted by Gasteiger charge is 2.26. The van der Waals surface area contributed by atoms with Gasteiger partial charge < -0.3 is 9.47 Å². The molecule has 0 N–H and O–H groups in total. The lowest BCUT2D eigenvalue weighted by molar-refractivity contribution is 0.103. The molecule has 1 aromatic heterocycles. The molecular weight excluding hydrogens is 392 g/mol. The highest BCUT2D eigenvalue weighted by molar-refractivity contribution is 8.13. The molecule has 1 heterocycles. The van der Waals surface area contributed by atoms with E-state index in [1.54, 1.807) is 20.9 Å². The zero-order chi connectivity index (χ0) is 20.4. The largest absolute Gasteiger partial charge is 0.495 e. The molecule has 0 radical (unpaired) electrons. The summed E-state index contributed by atoms with van der Waals surface area (Å²) in [4.78, 5) is 24.8. The topological polar surface area (TPSA) is 105 Å². The van der Waals surface area contributed by atoms with Crippen molar-refractivity contribution in [2.45, 2.75) is 18.7 Å². The number of ether oxygens (including phenoxy) is 2. The normalized spacial score (nSPS) is 11.3. The van der Waals surface area contributed by atoms with Gasteiger partial charge in [-0.25, -0.2) is 17.9 Å². The fourth-order valence-corrected chi connectivity index (χ4v) is 3.79. The lowest BCUT2D eigenvalue weighted by Gasteiger charge is -2.13. The van der Waals surface area contributed by atoms with Gasteiger partial charge in [-0.05, 0) is 30.8 Å². The second-order valence-electron chi connectivity index (χ2n) is 5.64. The minimum Gasteiger partial charge on any atom is -0.495 e. The summed E-state index contributed by atoms with van der Waals surface area (Å²) in [6.45, 7) is 3.40. The zero-order valence-corrected chi connectivity index (χ0v) is 17.2. The molecule has 27 heavy (non-hydrogen) atoms. The highest BCUT2D eigenvalue weighted by Crippen LogP contribution is 2.32. The molecule has 0 atom stereocenters. The molecule has 0 amide bonds. The van der Waals surface area contributed by atoms with Crippen LogP contribution in [0.4, 0.5) is 4.79 Å². The Morgan fingerprint density at radius 3 is 2.48 bits per heavy atom. The maximum atomic E-state index is 13.0. The van der Waals surface area contributed by atoms with E-state index in [1.165, 1.54) is 30.1 Å². The molecule has 0 saturated carbocycles. The number of rotatable bonds is 6. The van der Waals surface area contributed by atoms with Gasteiger partial charge >= 0.3 is 5.30 Å². The van der Waals surface area contributed by atoms with Gasteiger partial charge in [0.15, 0.2) is 9.84 Å². The summed E-state index contributed by atoms with van der Waals surface area (Å²) in [5.74, 6) is 0.204. The van der Waals surface area contributed by atoms with Crippen molar-refractivity contribution >= 4 is 32.7 Å². The average molecular weight is 412 g/mol. The van der Waals surface area contributed by atoms with E-state index in [9.17, 15) is 18.0 Å². The summed E-state index contributed by atoms with van der Waals surface area (Å²) < 4.78 is 35.6. The van der Waals surface area contributed by atoms with Crippen LogP contribution in [0.5, 0.6) is 11.6 Å². The third-order valence-electron chi connectivity index (χ3n) is 3.79. The van der Waals surface area contributed by atoms with Crippen molar-refractivity contribution in [2.24, 2.45) is 7.05 Å². The van der Waals surface area contributed by atoms with Gasteiger partial charge in [0.2, 0.25) is 11.7 Å². The standard InChI is InChI=1S/C17H20N2O6S2/c1-6-26-17(21)25-16-12(9-18-19(16)3)14(20)11-7-8-13(27(5,22)23)15(24-4)10(11)2/h7-9H,6H2,1-5H3. The first kappa shape index (κ1) is 21.0. The Morgan fingerprint density at radius 1 is 1.26 bits per heavy atom. The molecule has 2 rings (SSSR count). The van der Waals surface area contributed by atoms with E-state index in [2.05, 4.69) is 5.10 Å². The van der Waals surface area contributed by atoms with Gasteiger partial charge in [0.05, 0.1) is 13.3 Å². The summed E-state index contributed by atoms with van der Waals surface area (Å²) in [5.41, 5.74) is 0.696. The molecule has 0 bridgehead atoms. The highest BCUT2D eigenvalue weighted by atomic mass is 32.2. The number of carbonyl (C=O) groups is 2. The monoisotopic (exact) mass is 412 g/mol. The van der Waals surface area contributed by atoms with Crippen molar-refractivity contribution < 1.29 is 27.5 Å². The number of thioether (sulfide) groups is 1. The number of nitrogens with zero attached hydrogens (tertiary/aromatic N) is 2. The fraction of sp³-hybridized carbons (Fsp3) is 0.353. The Labute approximate surface area is 161 Å². The first-order valence-corrected chi connectivity index (χ1v) is 10.8. The van der Waals surface area contributed by atoms with Crippen LogP contribution in [-0.2, 0) is 16.9 Å². The van der Waals surface area contributed by atoms with E-state index in [1.807, 2.05) is 0 Å². The van der Waals surface area contributed by atoms with Crippen LogP contribution in [0.2, 0.25) is 0 Å². The third kappa shape index (κ3) is 4.33. The van der Waals surface area contributed by atoms with Crippen LogP contribution in [0.3, 0.4) is 0 Å². The van der Waals surface area contributed by atoms with Crippen molar-refractivity contribution in [3.05, 3.63) is 35.0 Å². The molecule has 0 aliphatic rings. The van der Waals surface area contributed by atoms with Gasteiger partial charge in [-0.1, -0.05) is 6.92 Å². The molecule has 146 valence electrons. The fourth-order valence-electron chi connectivity index (χ4n) is 2.53. The number of ketones is 1. The lowest BCUT2D eigenvalue weighted by Crippen LogP contribution is -2.12. The Balaban J connectivity index is 2.52. The van der Waals surface area contributed by atoms with E-state index < -0.39 is 20.9 Å². The average Bonchev–Trinajstić information content (AvgIpc) is 2.94. The summed E-state index contributed by atoms with van der Waals surface area (Å²) >= 11 is 0.968. The smallest absolute Gasteiger partial charge is 0.374 e. The van der Waals surface area contributed by atoms with Crippen LogP contribution in [0, 0.1) is 6.92 Å². The summed E-state index contributed by atoms with van der Waals surface area (Å²) in [6.07, 6.45) is 2.37. The van der Waals surface area contributed by atoms with E-state index in [0.29, 0.717) is 11.3 Å². The van der Waals surface area contributed by atoms with Gasteiger partial charge in [-0.15, -0.1) is 0 Å². The molecular formula is C17H20N2O6S2. The van der Waals surface area contributed by atoms with Crippen LogP contribution >= 0.6 is 11.8 Å². The number of sulfone groups is 1. The van der Waals surface area contributed by atoms with E-state index in [0.717, 1.165) is 18.0 Å². The molecule has 1 aromatic carbocycles. The molecule has 2 aromatic rings. The molecule has 0 aliphatic carbocycles. The van der Waals surface area contributed by atoms with Gasteiger partial charge in [-0.3, -0.25) is 4.79 Å². The van der Waals surface area contributed by atoms with Crippen molar-refractivity contribution in [1.29, 1.82) is 0 Å². The Kier molecular flexibility index (Phi) is 6.32. The molecule has 0 spiro atoms. The van der Waals surface area contributed by atoms with Gasteiger partial charge in [0, 0.05) is 30.2 Å². The third-order valence-corrected chi connectivity index (χ3v) is 5.52. The van der Waals surface area contributed by atoms with E-state index in [-0.39, 0.29) is 27.7 Å². The minimum absolute atomic E-state index is 0.00349. The molecule has 10 heteroatoms. The number of hydrogen-bond acceptors (Lipinski definition) is 8. The van der Waals surface area contributed by atoms with Crippen molar-refractivity contribution in [1.82, 2.24) is 9.78 Å². The zero-order valence-electron chi connectivity index (χ0n) is 15.6. The van der Waals surface area contributed by atoms with Crippen LogP contribution in [0.1, 0.15) is 28.4 Å². The van der Waals surface area contributed by atoms with Crippen LogP contribution in [0.15, 0.2) is 23.2 Å². The van der Waals surface area contributed by atoms with Crippen LogP contribution in [0.25, 0.3) is 0 Å². The van der Waals surface area contributed by atoms with Crippen LogP contribution < -0.4 is 9.47 Å². The number of methoxy groups -OCH3 is 1. The Hall–Kier alpha value is -2.33. The van der Waals surface area contributed by atoms with Gasteiger partial charge in [0.1, 0.15) is 16.2 Å². The molecule has 0 fully saturated rings. The lowest BCUT2D eigenvalue weighted by atomic mass is 10.00. The second-order valence-corrected chi connectivity index (χ2v) is 8.83. The number of carbonyl (C=O) groups excluding carboxylic acids is 2. The van der Waals surface area contributed by atoms with Gasteiger partial charge in [-0.2, -0.15) is 5.10 Å². The van der Waals surface area contributed by atoms with Gasteiger partial charge in [0.25, 0.3) is 0 Å². The molecule has 0 saturated heterocycles. The Morgan fingerprint density at radius 2 is 1.93 bits per heavy atom. The van der Waals surface area contributed by atoms with Crippen molar-refractivity contribution in [2.75, 3.05) is 19.1 Å². The molecule has 0 aliphatic heterocycles. The number of hydrogen-bond donors (Lipinski definition) is 0. The SMILES string of the molecule is CCSC(=O)Oc1c(C(=O)c2ccc(S(C)(=O)=O)c(OC)c2C)cnn1C. The number of benzene rings is 1. The number of aryl methyl sites for hydroxylation is 1. The first-order chi connectivity index (χ1) is 12.6. The maximum absolute atomic E-state index is 13.0. The first-order valence-electron chi connectivity index (χ1n) is 7.90. The van der Waals surface area contributed by atoms with E-state index >= 15 is 0 Å². The second kappa shape index (κ2) is 8.13. The number of aromatic nitrogens is 2.